The van der Waals surface area contributed by atoms with Gasteiger partial charge in [-0.3, -0.25) is 0 Å². The Labute approximate surface area is 64.4 Å². The minimum atomic E-state index is 0.587. The van der Waals surface area contributed by atoms with Crippen LogP contribution in [0.15, 0.2) is 0 Å². The molecule has 1 atom stereocenters. The molecule has 0 aromatic heterocycles. The van der Waals surface area contributed by atoms with Gasteiger partial charge in [-0.15, -0.1) is 0 Å². The van der Waals surface area contributed by atoms with Gasteiger partial charge in [-0.2, -0.15) is 12.6 Å². The number of thiol groups is 1. The zero-order chi connectivity index (χ0) is 7.28. The predicted octanol–water partition coefficient (Wildman–Crippen LogP) is 3.13. The summed E-state index contributed by atoms with van der Waals surface area (Å²) in [7, 11) is 0. The van der Waals surface area contributed by atoms with E-state index >= 15 is 0 Å². The average molecular weight is 146 g/mol. The SMILES string of the molecule is CC(C)CCC[C@H](C)S. The lowest BCUT2D eigenvalue weighted by atomic mass is 10.1. The lowest BCUT2D eigenvalue weighted by Gasteiger charge is -2.05. The summed E-state index contributed by atoms with van der Waals surface area (Å²) < 4.78 is 0. The molecule has 56 valence electrons. The van der Waals surface area contributed by atoms with Crippen molar-refractivity contribution in [2.24, 2.45) is 5.92 Å². The first kappa shape index (κ1) is 9.35. The van der Waals surface area contributed by atoms with Crippen LogP contribution in [0, 0.1) is 5.92 Å². The minimum Gasteiger partial charge on any atom is -0.176 e. The smallest absolute Gasteiger partial charge is 0.00116 e. The van der Waals surface area contributed by atoms with Gasteiger partial charge in [0.2, 0.25) is 0 Å². The van der Waals surface area contributed by atoms with Crippen LogP contribution in [-0.4, -0.2) is 5.25 Å². The highest BCUT2D eigenvalue weighted by Gasteiger charge is 1.96. The third-order valence-electron chi connectivity index (χ3n) is 1.40. The van der Waals surface area contributed by atoms with E-state index in [1.165, 1.54) is 19.3 Å². The zero-order valence-electron chi connectivity index (χ0n) is 6.72. The van der Waals surface area contributed by atoms with E-state index < -0.39 is 0 Å². The van der Waals surface area contributed by atoms with E-state index in [1.807, 2.05) is 0 Å². The molecule has 0 saturated heterocycles. The lowest BCUT2D eigenvalue weighted by molar-refractivity contribution is 0.538. The van der Waals surface area contributed by atoms with Gasteiger partial charge in [0.1, 0.15) is 0 Å². The van der Waals surface area contributed by atoms with E-state index in [4.69, 9.17) is 0 Å². The summed E-state index contributed by atoms with van der Waals surface area (Å²) in [6.07, 6.45) is 3.95. The quantitative estimate of drug-likeness (QED) is 0.579. The standard InChI is InChI=1S/C8H18S/c1-7(2)5-4-6-8(3)9/h7-9H,4-6H2,1-3H3/t8-/m0/s1. The van der Waals surface area contributed by atoms with Crippen LogP contribution in [0.3, 0.4) is 0 Å². The van der Waals surface area contributed by atoms with Gasteiger partial charge in [0.25, 0.3) is 0 Å². The second-order valence-electron chi connectivity index (χ2n) is 3.17. The Morgan fingerprint density at radius 1 is 1.11 bits per heavy atom. The first-order chi connectivity index (χ1) is 4.13. The van der Waals surface area contributed by atoms with Crippen molar-refractivity contribution in [2.75, 3.05) is 0 Å². The second-order valence-corrected chi connectivity index (χ2v) is 4.06. The van der Waals surface area contributed by atoms with Gasteiger partial charge >= 0.3 is 0 Å². The predicted molar refractivity (Wildman–Crippen MR) is 47.1 cm³/mol. The Hall–Kier alpha value is 0.350. The van der Waals surface area contributed by atoms with Crippen molar-refractivity contribution in [1.82, 2.24) is 0 Å². The summed E-state index contributed by atoms with van der Waals surface area (Å²) in [5.74, 6) is 0.858. The molecule has 0 fully saturated rings. The van der Waals surface area contributed by atoms with Crippen LogP contribution in [0.5, 0.6) is 0 Å². The summed E-state index contributed by atoms with van der Waals surface area (Å²) in [6, 6.07) is 0. The molecule has 0 aliphatic heterocycles. The molecule has 0 aromatic carbocycles. The molecule has 9 heavy (non-hydrogen) atoms. The van der Waals surface area contributed by atoms with Crippen LogP contribution in [0.1, 0.15) is 40.0 Å². The van der Waals surface area contributed by atoms with Crippen LogP contribution in [-0.2, 0) is 0 Å². The fraction of sp³-hybridized carbons (Fsp3) is 1.00. The molecule has 0 radical (unpaired) electrons. The Morgan fingerprint density at radius 3 is 2.00 bits per heavy atom. The summed E-state index contributed by atoms with van der Waals surface area (Å²) in [4.78, 5) is 0. The van der Waals surface area contributed by atoms with Crippen molar-refractivity contribution < 1.29 is 0 Å². The Kier molecular flexibility index (Phi) is 5.36. The molecule has 0 aliphatic rings. The maximum absolute atomic E-state index is 4.30. The van der Waals surface area contributed by atoms with E-state index in [1.54, 1.807) is 0 Å². The molecule has 0 saturated carbocycles. The molecule has 0 bridgehead atoms. The molecule has 1 heteroatoms. The van der Waals surface area contributed by atoms with Crippen molar-refractivity contribution in [1.29, 1.82) is 0 Å². The monoisotopic (exact) mass is 146 g/mol. The minimum absolute atomic E-state index is 0.587. The molecule has 0 nitrogen and oxygen atoms in total. The van der Waals surface area contributed by atoms with Crippen molar-refractivity contribution >= 4 is 12.6 Å². The molecule has 0 rings (SSSR count). The van der Waals surface area contributed by atoms with Crippen molar-refractivity contribution in [3.8, 4) is 0 Å². The maximum Gasteiger partial charge on any atom is -0.00116 e. The number of hydrogen-bond acceptors (Lipinski definition) is 1. The van der Waals surface area contributed by atoms with Crippen molar-refractivity contribution in [3.63, 3.8) is 0 Å². The van der Waals surface area contributed by atoms with Crippen LogP contribution in [0.2, 0.25) is 0 Å². The van der Waals surface area contributed by atoms with E-state index in [-0.39, 0.29) is 0 Å². The normalized spacial score (nSPS) is 14.3. The zero-order valence-corrected chi connectivity index (χ0v) is 7.62. The highest BCUT2D eigenvalue weighted by atomic mass is 32.1. The Morgan fingerprint density at radius 2 is 1.67 bits per heavy atom. The molecule has 0 aromatic rings. The van der Waals surface area contributed by atoms with Gasteiger partial charge in [0.05, 0.1) is 0 Å². The third kappa shape index (κ3) is 8.35. The first-order valence-corrected chi connectivity index (χ1v) is 4.32. The molecule has 0 aliphatic carbocycles. The van der Waals surface area contributed by atoms with Crippen LogP contribution in [0.4, 0.5) is 0 Å². The number of hydrogen-bond donors (Lipinski definition) is 1. The summed E-state index contributed by atoms with van der Waals surface area (Å²) in [5, 5.41) is 0.587. The molecule has 0 unspecified atom stereocenters. The average Bonchev–Trinajstić information content (AvgIpc) is 1.63. The van der Waals surface area contributed by atoms with E-state index in [9.17, 15) is 0 Å². The van der Waals surface area contributed by atoms with E-state index in [0.29, 0.717) is 5.25 Å². The van der Waals surface area contributed by atoms with Gasteiger partial charge in [0, 0.05) is 0 Å². The Bertz CT molecular complexity index is 49.6. The van der Waals surface area contributed by atoms with Gasteiger partial charge in [-0.05, 0) is 17.6 Å². The molecule has 0 amide bonds. The topological polar surface area (TPSA) is 0 Å². The molecular formula is C8H18S. The highest BCUT2D eigenvalue weighted by molar-refractivity contribution is 7.80. The molecule has 0 spiro atoms. The molecule has 0 heterocycles. The van der Waals surface area contributed by atoms with Crippen molar-refractivity contribution in [3.05, 3.63) is 0 Å². The number of rotatable bonds is 4. The van der Waals surface area contributed by atoms with E-state index in [2.05, 4.69) is 33.4 Å². The van der Waals surface area contributed by atoms with Gasteiger partial charge in [-0.25, -0.2) is 0 Å². The summed E-state index contributed by atoms with van der Waals surface area (Å²) in [6.45, 7) is 6.69. The fourth-order valence-corrected chi connectivity index (χ4v) is 1.00. The van der Waals surface area contributed by atoms with Crippen LogP contribution in [0.25, 0.3) is 0 Å². The molecular weight excluding hydrogens is 128 g/mol. The summed E-state index contributed by atoms with van der Waals surface area (Å²) >= 11 is 4.30. The third-order valence-corrected chi connectivity index (χ3v) is 1.66. The highest BCUT2D eigenvalue weighted by Crippen LogP contribution is 2.10. The van der Waals surface area contributed by atoms with Crippen LogP contribution >= 0.6 is 12.6 Å². The van der Waals surface area contributed by atoms with E-state index in [0.717, 1.165) is 5.92 Å². The lowest BCUT2D eigenvalue weighted by Crippen LogP contribution is -1.93. The largest absolute Gasteiger partial charge is 0.176 e. The Balaban J connectivity index is 2.91. The fourth-order valence-electron chi connectivity index (χ4n) is 0.822. The van der Waals surface area contributed by atoms with Crippen LogP contribution < -0.4 is 0 Å². The van der Waals surface area contributed by atoms with Gasteiger partial charge < -0.3 is 0 Å². The van der Waals surface area contributed by atoms with Crippen molar-refractivity contribution in [2.45, 2.75) is 45.3 Å². The maximum atomic E-state index is 4.30. The van der Waals surface area contributed by atoms with Gasteiger partial charge in [0.15, 0.2) is 0 Å². The first-order valence-electron chi connectivity index (χ1n) is 3.81. The summed E-state index contributed by atoms with van der Waals surface area (Å²) in [5.41, 5.74) is 0. The second kappa shape index (κ2) is 5.16. The van der Waals surface area contributed by atoms with Gasteiger partial charge in [-0.1, -0.05) is 33.6 Å². The molecule has 0 N–H and O–H groups in total.